The van der Waals surface area contributed by atoms with Crippen molar-refractivity contribution in [3.8, 4) is 22.2 Å². The lowest BCUT2D eigenvalue weighted by Gasteiger charge is -2.08. The number of hydrogen-bond donors (Lipinski definition) is 1. The molecular formula is C18H17N3O3S. The van der Waals surface area contributed by atoms with E-state index in [0.29, 0.717) is 24.8 Å². The van der Waals surface area contributed by atoms with Crippen LogP contribution in [0.15, 0.2) is 60.0 Å². The number of nitrogens with one attached hydrogen (secondary N) is 1. The molecule has 3 rings (SSSR count). The number of nitrogens with zero attached hydrogens (tertiary/aromatic N) is 2. The normalized spacial score (nSPS) is 10.2. The van der Waals surface area contributed by atoms with Gasteiger partial charge in [0.05, 0.1) is 11.4 Å². The minimum atomic E-state index is -0.202. The fourth-order valence-electron chi connectivity index (χ4n) is 2.02. The summed E-state index contributed by atoms with van der Waals surface area (Å²) in [6.45, 7) is 0.648. The van der Waals surface area contributed by atoms with Crippen molar-refractivity contribution in [3.05, 3.63) is 60.0 Å². The third kappa shape index (κ3) is 5.29. The molecule has 1 N–H and O–H groups in total. The maximum Gasteiger partial charge on any atom is 0.258 e. The molecule has 2 heterocycles. The second kappa shape index (κ2) is 8.79. The lowest BCUT2D eigenvalue weighted by atomic mass is 10.3. The van der Waals surface area contributed by atoms with Crippen LogP contribution in [0.3, 0.4) is 0 Å². The van der Waals surface area contributed by atoms with Gasteiger partial charge in [0.2, 0.25) is 5.88 Å². The summed E-state index contributed by atoms with van der Waals surface area (Å²) in [4.78, 5) is 12.7. The minimum absolute atomic E-state index is 0.0284. The molecule has 0 atom stereocenters. The van der Waals surface area contributed by atoms with E-state index in [2.05, 4.69) is 15.5 Å². The minimum Gasteiger partial charge on any atom is -0.484 e. The van der Waals surface area contributed by atoms with Crippen molar-refractivity contribution in [3.63, 3.8) is 0 Å². The molecule has 0 aliphatic carbocycles. The Hall–Kier alpha value is -2.93. The zero-order valence-corrected chi connectivity index (χ0v) is 14.2. The van der Waals surface area contributed by atoms with Crippen LogP contribution in [0.1, 0.15) is 0 Å². The van der Waals surface area contributed by atoms with Crippen molar-refractivity contribution in [1.82, 2.24) is 15.5 Å². The number of carbonyl (C=O) groups excluding carboxylic acids is 1. The highest BCUT2D eigenvalue weighted by atomic mass is 32.1. The summed E-state index contributed by atoms with van der Waals surface area (Å²) in [5.74, 6) is 0.886. The molecule has 0 unspecified atom stereocenters. The summed E-state index contributed by atoms with van der Waals surface area (Å²) in [6, 6.07) is 16.8. The summed E-state index contributed by atoms with van der Waals surface area (Å²) in [6.07, 6.45) is 0. The zero-order valence-electron chi connectivity index (χ0n) is 13.4. The van der Waals surface area contributed by atoms with Crippen molar-refractivity contribution in [1.29, 1.82) is 0 Å². The van der Waals surface area contributed by atoms with Crippen LogP contribution >= 0.6 is 11.3 Å². The summed E-state index contributed by atoms with van der Waals surface area (Å²) in [5.41, 5.74) is 0.814. The number of thiophene rings is 1. The van der Waals surface area contributed by atoms with Gasteiger partial charge in [0.15, 0.2) is 6.61 Å². The molecule has 0 aliphatic heterocycles. The number of amides is 1. The third-order valence-corrected chi connectivity index (χ3v) is 4.09. The first kappa shape index (κ1) is 16.9. The molecule has 1 amide bonds. The first-order valence-corrected chi connectivity index (χ1v) is 8.64. The molecule has 2 aromatic heterocycles. The SMILES string of the molecule is O=C(COc1ccccc1)NCCOc1ccc(-c2cccs2)nn1. The number of carbonyl (C=O) groups is 1. The Balaban J connectivity index is 1.35. The van der Waals surface area contributed by atoms with Crippen LogP contribution in [0.2, 0.25) is 0 Å². The Morgan fingerprint density at radius 2 is 1.88 bits per heavy atom. The molecule has 0 aliphatic rings. The summed E-state index contributed by atoms with van der Waals surface area (Å²) < 4.78 is 10.8. The van der Waals surface area contributed by atoms with E-state index in [1.807, 2.05) is 41.8 Å². The van der Waals surface area contributed by atoms with E-state index in [4.69, 9.17) is 9.47 Å². The van der Waals surface area contributed by atoms with Crippen LogP contribution in [0.5, 0.6) is 11.6 Å². The fraction of sp³-hybridized carbons (Fsp3) is 0.167. The predicted molar refractivity (Wildman–Crippen MR) is 95.8 cm³/mol. The van der Waals surface area contributed by atoms with Gasteiger partial charge in [-0.05, 0) is 29.6 Å². The zero-order chi connectivity index (χ0) is 17.3. The number of aromatic nitrogens is 2. The molecule has 25 heavy (non-hydrogen) atoms. The highest BCUT2D eigenvalue weighted by Gasteiger charge is 2.04. The molecule has 0 radical (unpaired) electrons. The molecule has 128 valence electrons. The monoisotopic (exact) mass is 355 g/mol. The second-order valence-electron chi connectivity index (χ2n) is 5.03. The molecule has 1 aromatic carbocycles. The molecule has 0 fully saturated rings. The fourth-order valence-corrected chi connectivity index (χ4v) is 2.71. The van der Waals surface area contributed by atoms with Crippen molar-refractivity contribution >= 4 is 17.2 Å². The molecule has 7 heteroatoms. The van der Waals surface area contributed by atoms with Gasteiger partial charge in [0.1, 0.15) is 18.1 Å². The van der Waals surface area contributed by atoms with Gasteiger partial charge in [0, 0.05) is 6.07 Å². The topological polar surface area (TPSA) is 73.3 Å². The van der Waals surface area contributed by atoms with Crippen LogP contribution in [0.25, 0.3) is 10.6 Å². The van der Waals surface area contributed by atoms with E-state index in [1.54, 1.807) is 29.5 Å². The van der Waals surface area contributed by atoms with Crippen LogP contribution in [-0.4, -0.2) is 35.9 Å². The number of benzene rings is 1. The Morgan fingerprint density at radius 1 is 1.00 bits per heavy atom. The Kier molecular flexibility index (Phi) is 5.95. The molecule has 3 aromatic rings. The predicted octanol–water partition coefficient (Wildman–Crippen LogP) is 2.78. The molecule has 6 nitrogen and oxygen atoms in total. The smallest absolute Gasteiger partial charge is 0.258 e. The lowest BCUT2D eigenvalue weighted by molar-refractivity contribution is -0.123. The van der Waals surface area contributed by atoms with Gasteiger partial charge >= 0.3 is 0 Å². The number of rotatable bonds is 8. The van der Waals surface area contributed by atoms with Crippen LogP contribution in [0.4, 0.5) is 0 Å². The lowest BCUT2D eigenvalue weighted by Crippen LogP contribution is -2.32. The number of ether oxygens (including phenoxy) is 2. The van der Waals surface area contributed by atoms with Crippen molar-refractivity contribution < 1.29 is 14.3 Å². The van der Waals surface area contributed by atoms with E-state index in [9.17, 15) is 4.79 Å². The van der Waals surface area contributed by atoms with E-state index in [0.717, 1.165) is 10.6 Å². The highest BCUT2D eigenvalue weighted by molar-refractivity contribution is 7.13. The third-order valence-electron chi connectivity index (χ3n) is 3.20. The maximum absolute atomic E-state index is 11.7. The molecule has 0 saturated heterocycles. The molecular weight excluding hydrogens is 338 g/mol. The summed E-state index contributed by atoms with van der Waals surface area (Å²) in [7, 11) is 0. The van der Waals surface area contributed by atoms with Gasteiger partial charge in [-0.3, -0.25) is 4.79 Å². The van der Waals surface area contributed by atoms with E-state index in [1.165, 1.54) is 0 Å². The van der Waals surface area contributed by atoms with E-state index < -0.39 is 0 Å². The largest absolute Gasteiger partial charge is 0.484 e. The molecule has 0 saturated carbocycles. The maximum atomic E-state index is 11.7. The van der Waals surface area contributed by atoms with Gasteiger partial charge in [-0.25, -0.2) is 0 Å². The van der Waals surface area contributed by atoms with Crippen molar-refractivity contribution in [2.75, 3.05) is 19.8 Å². The average Bonchev–Trinajstić information content (AvgIpc) is 3.20. The first-order chi connectivity index (χ1) is 12.3. The van der Waals surface area contributed by atoms with Crippen LogP contribution in [0, 0.1) is 0 Å². The van der Waals surface area contributed by atoms with Crippen molar-refractivity contribution in [2.45, 2.75) is 0 Å². The van der Waals surface area contributed by atoms with E-state index >= 15 is 0 Å². The quantitative estimate of drug-likeness (QED) is 0.629. The average molecular weight is 355 g/mol. The number of para-hydroxylation sites is 1. The van der Waals surface area contributed by atoms with Crippen LogP contribution < -0.4 is 14.8 Å². The van der Waals surface area contributed by atoms with E-state index in [-0.39, 0.29) is 12.5 Å². The van der Waals surface area contributed by atoms with Crippen LogP contribution in [-0.2, 0) is 4.79 Å². The standard InChI is InChI=1S/C18H17N3O3S/c22-17(13-24-14-5-2-1-3-6-14)19-10-11-23-18-9-8-15(20-21-18)16-7-4-12-25-16/h1-9,12H,10-11,13H2,(H,19,22). The molecule has 0 spiro atoms. The second-order valence-corrected chi connectivity index (χ2v) is 5.98. The number of hydrogen-bond acceptors (Lipinski definition) is 6. The Labute approximate surface area is 149 Å². The van der Waals surface area contributed by atoms with Gasteiger partial charge < -0.3 is 14.8 Å². The Bertz CT molecular complexity index is 777. The first-order valence-electron chi connectivity index (χ1n) is 7.76. The van der Waals surface area contributed by atoms with Gasteiger partial charge in [0.25, 0.3) is 5.91 Å². The van der Waals surface area contributed by atoms with Gasteiger partial charge in [-0.1, -0.05) is 24.3 Å². The highest BCUT2D eigenvalue weighted by Crippen LogP contribution is 2.22. The Morgan fingerprint density at radius 3 is 2.60 bits per heavy atom. The summed E-state index contributed by atoms with van der Waals surface area (Å²) >= 11 is 1.61. The van der Waals surface area contributed by atoms with Gasteiger partial charge in [-0.2, -0.15) is 0 Å². The van der Waals surface area contributed by atoms with Gasteiger partial charge in [-0.15, -0.1) is 21.5 Å². The van der Waals surface area contributed by atoms with Crippen molar-refractivity contribution in [2.24, 2.45) is 0 Å². The molecule has 0 bridgehead atoms. The summed E-state index contributed by atoms with van der Waals surface area (Å²) in [5, 5.41) is 12.9.